The monoisotopic (exact) mass is 355 g/mol. The topological polar surface area (TPSA) is 64.6 Å². The molecule has 0 fully saturated rings. The summed E-state index contributed by atoms with van der Waals surface area (Å²) in [6.45, 7) is 0.539. The standard InChI is InChI=1S/C19H17NO4S/c21-25(22,19-7-3-5-15-4-1-2-6-16(15)19)20-11-10-14-8-9-17-18(12-14)24-13-23-17/h1-9,12,20H,10-11,13H2. The van der Waals surface area contributed by atoms with Crippen LogP contribution in [-0.2, 0) is 16.4 Å². The van der Waals surface area contributed by atoms with Gasteiger partial charge in [-0.3, -0.25) is 0 Å². The highest BCUT2D eigenvalue weighted by molar-refractivity contribution is 7.89. The van der Waals surface area contributed by atoms with Crippen LogP contribution in [0.15, 0.2) is 65.6 Å². The second-order valence-corrected chi connectivity index (χ2v) is 7.55. The molecule has 3 aromatic rings. The van der Waals surface area contributed by atoms with Crippen molar-refractivity contribution in [2.45, 2.75) is 11.3 Å². The van der Waals surface area contributed by atoms with Gasteiger partial charge in [-0.05, 0) is 35.6 Å². The fraction of sp³-hybridized carbons (Fsp3) is 0.158. The van der Waals surface area contributed by atoms with E-state index in [2.05, 4.69) is 4.72 Å². The first-order valence-corrected chi connectivity index (χ1v) is 9.48. The van der Waals surface area contributed by atoms with E-state index in [4.69, 9.17) is 9.47 Å². The van der Waals surface area contributed by atoms with Crippen molar-refractivity contribution in [3.63, 3.8) is 0 Å². The van der Waals surface area contributed by atoms with Crippen LogP contribution in [0.5, 0.6) is 11.5 Å². The Hall–Kier alpha value is -2.57. The molecule has 5 nitrogen and oxygen atoms in total. The van der Waals surface area contributed by atoms with Crippen molar-refractivity contribution >= 4 is 20.8 Å². The van der Waals surface area contributed by atoms with E-state index < -0.39 is 10.0 Å². The van der Waals surface area contributed by atoms with Gasteiger partial charge in [-0.1, -0.05) is 42.5 Å². The summed E-state index contributed by atoms with van der Waals surface area (Å²) in [6.07, 6.45) is 0.570. The van der Waals surface area contributed by atoms with Gasteiger partial charge in [0, 0.05) is 11.9 Å². The van der Waals surface area contributed by atoms with Crippen molar-refractivity contribution in [2.75, 3.05) is 13.3 Å². The van der Waals surface area contributed by atoms with Crippen LogP contribution in [0.3, 0.4) is 0 Å². The van der Waals surface area contributed by atoms with Gasteiger partial charge in [0.15, 0.2) is 11.5 Å². The highest BCUT2D eigenvalue weighted by atomic mass is 32.2. The molecule has 1 heterocycles. The molecule has 0 atom stereocenters. The molecule has 0 unspecified atom stereocenters. The zero-order valence-corrected chi connectivity index (χ0v) is 14.3. The summed E-state index contributed by atoms with van der Waals surface area (Å²) in [5.74, 6) is 1.43. The third-order valence-corrected chi connectivity index (χ3v) is 5.70. The van der Waals surface area contributed by atoms with Crippen LogP contribution in [-0.4, -0.2) is 21.8 Å². The quantitative estimate of drug-likeness (QED) is 0.764. The molecule has 0 aliphatic carbocycles. The molecule has 0 spiro atoms. The zero-order valence-electron chi connectivity index (χ0n) is 13.4. The molecule has 25 heavy (non-hydrogen) atoms. The molecule has 0 amide bonds. The highest BCUT2D eigenvalue weighted by Gasteiger charge is 2.17. The molecular formula is C19H17NO4S. The fourth-order valence-corrected chi connectivity index (χ4v) is 4.19. The van der Waals surface area contributed by atoms with E-state index in [1.54, 1.807) is 12.1 Å². The molecule has 1 N–H and O–H groups in total. The molecule has 128 valence electrons. The van der Waals surface area contributed by atoms with Crippen molar-refractivity contribution in [1.29, 1.82) is 0 Å². The summed E-state index contributed by atoms with van der Waals surface area (Å²) in [6, 6.07) is 18.4. The summed E-state index contributed by atoms with van der Waals surface area (Å²) < 4.78 is 38.6. The Labute approximate surface area is 146 Å². The molecular weight excluding hydrogens is 338 g/mol. The van der Waals surface area contributed by atoms with E-state index >= 15 is 0 Å². The van der Waals surface area contributed by atoms with Gasteiger partial charge < -0.3 is 9.47 Å². The van der Waals surface area contributed by atoms with Crippen LogP contribution >= 0.6 is 0 Å². The average molecular weight is 355 g/mol. The van der Waals surface area contributed by atoms with Crippen LogP contribution in [0, 0.1) is 0 Å². The largest absolute Gasteiger partial charge is 0.454 e. The maximum Gasteiger partial charge on any atom is 0.241 e. The van der Waals surface area contributed by atoms with Gasteiger partial charge in [-0.2, -0.15) is 0 Å². The lowest BCUT2D eigenvalue weighted by atomic mass is 10.1. The van der Waals surface area contributed by atoms with Crippen LogP contribution in [0.1, 0.15) is 5.56 Å². The van der Waals surface area contributed by atoms with Gasteiger partial charge in [0.05, 0.1) is 4.90 Å². The number of sulfonamides is 1. The van der Waals surface area contributed by atoms with Gasteiger partial charge in [-0.25, -0.2) is 13.1 Å². The molecule has 0 saturated heterocycles. The molecule has 0 aromatic heterocycles. The Morgan fingerprint density at radius 2 is 1.72 bits per heavy atom. The highest BCUT2D eigenvalue weighted by Crippen LogP contribution is 2.32. The van der Waals surface area contributed by atoms with Crippen LogP contribution in [0.25, 0.3) is 10.8 Å². The molecule has 1 aliphatic rings. The lowest BCUT2D eigenvalue weighted by Crippen LogP contribution is -2.26. The number of rotatable bonds is 5. The van der Waals surface area contributed by atoms with E-state index in [-0.39, 0.29) is 6.79 Å². The van der Waals surface area contributed by atoms with Gasteiger partial charge >= 0.3 is 0 Å². The van der Waals surface area contributed by atoms with Crippen LogP contribution < -0.4 is 14.2 Å². The van der Waals surface area contributed by atoms with E-state index in [1.165, 1.54) is 0 Å². The second-order valence-electron chi connectivity index (χ2n) is 5.81. The summed E-state index contributed by atoms with van der Waals surface area (Å²) in [4.78, 5) is 0.302. The lowest BCUT2D eigenvalue weighted by Gasteiger charge is -2.10. The predicted molar refractivity (Wildman–Crippen MR) is 95.4 cm³/mol. The minimum Gasteiger partial charge on any atom is -0.454 e. The second kappa shape index (κ2) is 6.38. The SMILES string of the molecule is O=S(=O)(NCCc1ccc2c(c1)OCO2)c1cccc2ccccc12. The first-order chi connectivity index (χ1) is 12.1. The van der Waals surface area contributed by atoms with Crippen LogP contribution in [0.2, 0.25) is 0 Å². The van der Waals surface area contributed by atoms with Crippen molar-refractivity contribution in [1.82, 2.24) is 4.72 Å². The van der Waals surface area contributed by atoms with Gasteiger partial charge in [0.2, 0.25) is 16.8 Å². The number of fused-ring (bicyclic) bond motifs is 2. The Bertz CT molecular complexity index is 1030. The average Bonchev–Trinajstić information content (AvgIpc) is 3.09. The third-order valence-electron chi connectivity index (χ3n) is 4.18. The Balaban J connectivity index is 1.50. The first kappa shape index (κ1) is 15.9. The van der Waals surface area contributed by atoms with Crippen molar-refractivity contribution in [2.24, 2.45) is 0 Å². The number of benzene rings is 3. The molecule has 0 radical (unpaired) electrons. The number of hydrogen-bond donors (Lipinski definition) is 1. The third kappa shape index (κ3) is 3.18. The Morgan fingerprint density at radius 3 is 2.64 bits per heavy atom. The van der Waals surface area contributed by atoms with Gasteiger partial charge in [0.1, 0.15) is 0 Å². The van der Waals surface area contributed by atoms with Crippen molar-refractivity contribution in [3.05, 3.63) is 66.2 Å². The van der Waals surface area contributed by atoms with E-state index in [0.717, 1.165) is 22.1 Å². The molecule has 0 bridgehead atoms. The smallest absolute Gasteiger partial charge is 0.241 e. The van der Waals surface area contributed by atoms with Crippen LogP contribution in [0.4, 0.5) is 0 Å². The molecule has 6 heteroatoms. The van der Waals surface area contributed by atoms with Crippen molar-refractivity contribution < 1.29 is 17.9 Å². The molecule has 0 saturated carbocycles. The van der Waals surface area contributed by atoms with Crippen molar-refractivity contribution in [3.8, 4) is 11.5 Å². The van der Waals surface area contributed by atoms with Gasteiger partial charge in [-0.15, -0.1) is 0 Å². The lowest BCUT2D eigenvalue weighted by molar-refractivity contribution is 0.174. The summed E-state index contributed by atoms with van der Waals surface area (Å²) in [5, 5.41) is 1.63. The molecule has 1 aliphatic heterocycles. The molecule has 3 aromatic carbocycles. The Kier molecular flexibility index (Phi) is 4.07. The summed E-state index contributed by atoms with van der Waals surface area (Å²) >= 11 is 0. The van der Waals surface area contributed by atoms with E-state index in [1.807, 2.05) is 48.5 Å². The Morgan fingerprint density at radius 1 is 0.920 bits per heavy atom. The van der Waals surface area contributed by atoms with E-state index in [9.17, 15) is 8.42 Å². The maximum absolute atomic E-state index is 12.7. The maximum atomic E-state index is 12.7. The summed E-state index contributed by atoms with van der Waals surface area (Å²) in [7, 11) is -3.57. The summed E-state index contributed by atoms with van der Waals surface area (Å²) in [5.41, 5.74) is 0.991. The number of hydrogen-bond acceptors (Lipinski definition) is 4. The number of ether oxygens (including phenoxy) is 2. The predicted octanol–water partition coefficient (Wildman–Crippen LogP) is 3.09. The van der Waals surface area contributed by atoms with Gasteiger partial charge in [0.25, 0.3) is 0 Å². The number of nitrogens with one attached hydrogen (secondary N) is 1. The first-order valence-electron chi connectivity index (χ1n) is 7.99. The minimum atomic E-state index is -3.57. The molecule has 4 rings (SSSR count). The van der Waals surface area contributed by atoms with E-state index in [0.29, 0.717) is 23.6 Å². The zero-order chi connectivity index (χ0) is 17.3. The minimum absolute atomic E-state index is 0.229. The normalized spacial score (nSPS) is 13.3. The fourth-order valence-electron chi connectivity index (χ4n) is 2.93.